The molecule has 0 aliphatic heterocycles. The zero-order valence-electron chi connectivity index (χ0n) is 14.3. The second kappa shape index (κ2) is 8.29. The van der Waals surface area contributed by atoms with Gasteiger partial charge in [0.25, 0.3) is 0 Å². The highest BCUT2D eigenvalue weighted by Crippen LogP contribution is 2.37. The maximum absolute atomic E-state index is 11.6. The molecule has 1 rings (SSSR count). The van der Waals surface area contributed by atoms with E-state index in [-0.39, 0.29) is 36.2 Å². The fraction of sp³-hybridized carbons (Fsp3) is 0.812. The maximum Gasteiger partial charge on any atom is 0.309 e. The van der Waals surface area contributed by atoms with Gasteiger partial charge in [-0.25, -0.2) is 0 Å². The lowest BCUT2D eigenvalue weighted by Crippen LogP contribution is -2.53. The number of carbonyl (C=O) groups excluding carboxylic acids is 1. The lowest BCUT2D eigenvalue weighted by atomic mass is 9.80. The van der Waals surface area contributed by atoms with Crippen molar-refractivity contribution in [1.29, 1.82) is 5.41 Å². The van der Waals surface area contributed by atoms with Crippen molar-refractivity contribution >= 4 is 17.7 Å². The Labute approximate surface area is 137 Å². The van der Waals surface area contributed by atoms with Crippen LogP contribution < -0.4 is 10.6 Å². The highest BCUT2D eigenvalue weighted by atomic mass is 16.4. The van der Waals surface area contributed by atoms with E-state index >= 15 is 0 Å². The molecule has 5 atom stereocenters. The molecule has 7 nitrogen and oxygen atoms in total. The summed E-state index contributed by atoms with van der Waals surface area (Å²) in [5, 5.41) is 33.5. The first-order valence-electron chi connectivity index (χ1n) is 8.22. The molecular weight excluding hydrogens is 298 g/mol. The molecule has 7 heteroatoms. The normalized spacial score (nSPS) is 28.4. The number of rotatable bonds is 7. The molecule has 0 aromatic carbocycles. The minimum atomic E-state index is -1.05. The van der Waals surface area contributed by atoms with Crippen molar-refractivity contribution in [2.24, 2.45) is 17.8 Å². The van der Waals surface area contributed by atoms with Crippen LogP contribution in [0.25, 0.3) is 0 Å². The van der Waals surface area contributed by atoms with E-state index < -0.39 is 23.9 Å². The minimum absolute atomic E-state index is 0.140. The first-order valence-corrected chi connectivity index (χ1v) is 8.22. The topological polar surface area (TPSA) is 123 Å². The average molecular weight is 327 g/mol. The van der Waals surface area contributed by atoms with Crippen molar-refractivity contribution in [3.63, 3.8) is 0 Å². The molecule has 132 valence electrons. The third-order valence-corrected chi connectivity index (χ3v) is 4.84. The number of amidine groups is 1. The number of nitrogens with one attached hydrogen (secondary N) is 3. The smallest absolute Gasteiger partial charge is 0.309 e. The van der Waals surface area contributed by atoms with Crippen molar-refractivity contribution < 1.29 is 19.8 Å². The molecule has 5 N–H and O–H groups in total. The number of hydrogen-bond acceptors (Lipinski definition) is 4. The third kappa shape index (κ3) is 4.67. The molecule has 0 bridgehead atoms. The fourth-order valence-corrected chi connectivity index (χ4v) is 3.78. The van der Waals surface area contributed by atoms with Gasteiger partial charge < -0.3 is 20.8 Å². The van der Waals surface area contributed by atoms with Crippen molar-refractivity contribution in [1.82, 2.24) is 10.6 Å². The number of amides is 1. The minimum Gasteiger partial charge on any atom is -0.481 e. The van der Waals surface area contributed by atoms with Gasteiger partial charge in [-0.3, -0.25) is 15.0 Å². The largest absolute Gasteiger partial charge is 0.481 e. The molecule has 1 aliphatic rings. The molecule has 0 aromatic heterocycles. The predicted octanol–water partition coefficient (Wildman–Crippen LogP) is 0.964. The fourth-order valence-electron chi connectivity index (χ4n) is 3.78. The van der Waals surface area contributed by atoms with E-state index in [1.54, 1.807) is 6.92 Å². The number of hydrogen-bond donors (Lipinski definition) is 5. The third-order valence-electron chi connectivity index (χ3n) is 4.84. The van der Waals surface area contributed by atoms with Crippen molar-refractivity contribution in [3.05, 3.63) is 0 Å². The van der Waals surface area contributed by atoms with E-state index in [0.717, 1.165) is 12.8 Å². The SMILES string of the molecule is CCC(CC)[C@H](NC(C)=O)[C@@H]1[C@H](O)[C@@H](C(=O)O)C[C@H]1NC(C)=N. The molecule has 0 unspecified atom stereocenters. The molecule has 0 aromatic rings. The van der Waals surface area contributed by atoms with Crippen LogP contribution in [0.5, 0.6) is 0 Å². The van der Waals surface area contributed by atoms with Crippen LogP contribution in [-0.4, -0.2) is 46.1 Å². The second-order valence-corrected chi connectivity index (χ2v) is 6.43. The van der Waals surface area contributed by atoms with E-state index in [1.807, 2.05) is 13.8 Å². The second-order valence-electron chi connectivity index (χ2n) is 6.43. The Balaban J connectivity index is 3.17. The van der Waals surface area contributed by atoms with E-state index in [4.69, 9.17) is 5.41 Å². The molecule has 1 amide bonds. The summed E-state index contributed by atoms with van der Waals surface area (Å²) in [7, 11) is 0. The van der Waals surface area contributed by atoms with Crippen molar-refractivity contribution in [3.8, 4) is 0 Å². The maximum atomic E-state index is 11.6. The van der Waals surface area contributed by atoms with Gasteiger partial charge >= 0.3 is 5.97 Å². The monoisotopic (exact) mass is 327 g/mol. The Morgan fingerprint density at radius 2 is 1.83 bits per heavy atom. The number of aliphatic hydroxyl groups is 1. The van der Waals surface area contributed by atoms with Gasteiger partial charge in [0.05, 0.1) is 17.9 Å². The Morgan fingerprint density at radius 1 is 1.26 bits per heavy atom. The lowest BCUT2D eigenvalue weighted by Gasteiger charge is -2.36. The Hall–Kier alpha value is -1.63. The van der Waals surface area contributed by atoms with Gasteiger partial charge in [0.15, 0.2) is 0 Å². The quantitative estimate of drug-likeness (QED) is 0.352. The average Bonchev–Trinajstić information content (AvgIpc) is 2.74. The molecular formula is C16H29N3O4. The first kappa shape index (κ1) is 19.4. The highest BCUT2D eigenvalue weighted by Gasteiger charge is 2.50. The zero-order chi connectivity index (χ0) is 17.7. The van der Waals surface area contributed by atoms with Crippen LogP contribution in [0, 0.1) is 23.2 Å². The van der Waals surface area contributed by atoms with E-state index in [1.165, 1.54) is 6.92 Å². The van der Waals surface area contributed by atoms with Crippen LogP contribution in [-0.2, 0) is 9.59 Å². The molecule has 0 saturated heterocycles. The van der Waals surface area contributed by atoms with Crippen LogP contribution in [0.15, 0.2) is 0 Å². The van der Waals surface area contributed by atoms with Gasteiger partial charge in [0, 0.05) is 24.9 Å². The Bertz CT molecular complexity index is 451. The molecule has 1 aliphatic carbocycles. The van der Waals surface area contributed by atoms with E-state index in [2.05, 4.69) is 10.6 Å². The summed E-state index contributed by atoms with van der Waals surface area (Å²) in [4.78, 5) is 23.0. The number of carbonyl (C=O) groups is 2. The Kier molecular flexibility index (Phi) is 7.00. The summed E-state index contributed by atoms with van der Waals surface area (Å²) in [6.45, 7) is 7.05. The van der Waals surface area contributed by atoms with Gasteiger partial charge in [-0.1, -0.05) is 26.7 Å². The number of aliphatic hydroxyl groups excluding tert-OH is 1. The summed E-state index contributed by atoms with van der Waals surface area (Å²) in [5.74, 6) is -2.20. The lowest BCUT2D eigenvalue weighted by molar-refractivity contribution is -0.145. The van der Waals surface area contributed by atoms with Crippen molar-refractivity contribution in [2.75, 3.05) is 0 Å². The summed E-state index contributed by atoms with van der Waals surface area (Å²) < 4.78 is 0. The van der Waals surface area contributed by atoms with E-state index in [0.29, 0.717) is 0 Å². The van der Waals surface area contributed by atoms with Gasteiger partial charge in [0.2, 0.25) is 5.91 Å². The highest BCUT2D eigenvalue weighted by molar-refractivity contribution is 5.77. The molecule has 0 heterocycles. The zero-order valence-corrected chi connectivity index (χ0v) is 14.3. The number of carboxylic acid groups (broad SMARTS) is 1. The van der Waals surface area contributed by atoms with E-state index in [9.17, 15) is 19.8 Å². The molecule has 1 fully saturated rings. The molecule has 0 radical (unpaired) electrons. The number of aliphatic carboxylic acids is 1. The molecule has 1 saturated carbocycles. The molecule has 23 heavy (non-hydrogen) atoms. The van der Waals surface area contributed by atoms with Gasteiger partial charge in [-0.15, -0.1) is 0 Å². The van der Waals surface area contributed by atoms with Crippen LogP contribution in [0.1, 0.15) is 47.0 Å². The summed E-state index contributed by atoms with van der Waals surface area (Å²) in [5.41, 5.74) is 0. The van der Waals surface area contributed by atoms with Gasteiger partial charge in [-0.2, -0.15) is 0 Å². The van der Waals surface area contributed by atoms with Crippen LogP contribution >= 0.6 is 0 Å². The number of carboxylic acids is 1. The van der Waals surface area contributed by atoms with Crippen LogP contribution in [0.4, 0.5) is 0 Å². The van der Waals surface area contributed by atoms with Gasteiger partial charge in [-0.05, 0) is 19.3 Å². The summed E-state index contributed by atoms with van der Waals surface area (Å²) in [6.07, 6.45) is 0.826. The van der Waals surface area contributed by atoms with Crippen LogP contribution in [0.2, 0.25) is 0 Å². The van der Waals surface area contributed by atoms with Gasteiger partial charge in [0.1, 0.15) is 0 Å². The summed E-state index contributed by atoms with van der Waals surface area (Å²) >= 11 is 0. The molecule has 0 spiro atoms. The van der Waals surface area contributed by atoms with Crippen molar-refractivity contribution in [2.45, 2.75) is 65.1 Å². The first-order chi connectivity index (χ1) is 10.7. The predicted molar refractivity (Wildman–Crippen MR) is 87.2 cm³/mol. The van der Waals surface area contributed by atoms with Crippen LogP contribution in [0.3, 0.4) is 0 Å². The summed E-state index contributed by atoms with van der Waals surface area (Å²) in [6, 6.07) is -0.667. The Morgan fingerprint density at radius 3 is 2.22 bits per heavy atom. The standard InChI is InChI=1S/C16H29N3O4/c1-5-10(6-2)14(19-9(4)20)13-12(18-8(3)17)7-11(15(13)21)16(22)23/h10-15,21H,5-7H2,1-4H3,(H2,17,18)(H,19,20)(H,22,23)/t11-,12+,13+,14-,15+/m0/s1.